The Balaban J connectivity index is 1.71. The van der Waals surface area contributed by atoms with Crippen LogP contribution in [0.25, 0.3) is 0 Å². The van der Waals surface area contributed by atoms with Gasteiger partial charge in [-0.25, -0.2) is 9.97 Å². The molecule has 1 aliphatic rings. The molecule has 0 saturated carbocycles. The first kappa shape index (κ1) is 15.6. The molecule has 3 rings (SSSR count). The molecule has 0 aliphatic carbocycles. The molecule has 0 bridgehead atoms. The van der Waals surface area contributed by atoms with Gasteiger partial charge in [-0.05, 0) is 36.8 Å². The van der Waals surface area contributed by atoms with E-state index in [4.69, 9.17) is 0 Å². The molecule has 23 heavy (non-hydrogen) atoms. The molecule has 1 unspecified atom stereocenters. The highest BCUT2D eigenvalue weighted by Gasteiger charge is 2.35. The van der Waals surface area contributed by atoms with Crippen LogP contribution in [0.4, 0.5) is 11.6 Å². The second kappa shape index (κ2) is 6.45. The van der Waals surface area contributed by atoms with Gasteiger partial charge in [0, 0.05) is 35.5 Å². The smallest absolute Gasteiger partial charge is 0.232 e. The van der Waals surface area contributed by atoms with Crippen molar-refractivity contribution in [2.24, 2.45) is 5.92 Å². The number of nitrogens with zero attached hydrogens (tertiary/aromatic N) is 3. The lowest BCUT2D eigenvalue weighted by molar-refractivity contribution is -0.122. The van der Waals surface area contributed by atoms with Crippen molar-refractivity contribution in [3.05, 3.63) is 46.7 Å². The SMILES string of the molecule is Cc1cc(N2CC(C(=O)Nc3ncccn3)CC2=O)ccc1Br. The average Bonchev–Trinajstić information content (AvgIpc) is 2.93. The first-order chi connectivity index (χ1) is 11.0. The van der Waals surface area contributed by atoms with Gasteiger partial charge in [-0.15, -0.1) is 0 Å². The minimum Gasteiger partial charge on any atom is -0.312 e. The van der Waals surface area contributed by atoms with Gasteiger partial charge < -0.3 is 4.90 Å². The molecule has 1 aromatic heterocycles. The number of amides is 2. The Morgan fingerprint density at radius 2 is 2.09 bits per heavy atom. The summed E-state index contributed by atoms with van der Waals surface area (Å²) in [6.07, 6.45) is 3.30. The summed E-state index contributed by atoms with van der Waals surface area (Å²) in [7, 11) is 0. The van der Waals surface area contributed by atoms with E-state index in [1.165, 1.54) is 0 Å². The fourth-order valence-corrected chi connectivity index (χ4v) is 2.75. The summed E-state index contributed by atoms with van der Waals surface area (Å²) < 4.78 is 0.989. The summed E-state index contributed by atoms with van der Waals surface area (Å²) in [4.78, 5) is 34.1. The summed E-state index contributed by atoms with van der Waals surface area (Å²) >= 11 is 3.44. The maximum absolute atomic E-state index is 12.3. The van der Waals surface area contributed by atoms with Crippen LogP contribution in [0.5, 0.6) is 0 Å². The number of hydrogen-bond acceptors (Lipinski definition) is 4. The van der Waals surface area contributed by atoms with Crippen molar-refractivity contribution in [1.29, 1.82) is 0 Å². The van der Waals surface area contributed by atoms with E-state index in [9.17, 15) is 9.59 Å². The Hall–Kier alpha value is -2.28. The largest absolute Gasteiger partial charge is 0.312 e. The summed E-state index contributed by atoms with van der Waals surface area (Å²) in [5.74, 6) is -0.445. The van der Waals surface area contributed by atoms with Gasteiger partial charge in [0.1, 0.15) is 0 Å². The van der Waals surface area contributed by atoms with Gasteiger partial charge in [0.15, 0.2) is 0 Å². The number of carbonyl (C=O) groups excluding carboxylic acids is 2. The zero-order valence-electron chi connectivity index (χ0n) is 12.5. The summed E-state index contributed by atoms with van der Waals surface area (Å²) in [5, 5.41) is 2.65. The van der Waals surface area contributed by atoms with Crippen LogP contribution in [0.2, 0.25) is 0 Å². The normalized spacial score (nSPS) is 17.4. The second-order valence-corrected chi connectivity index (χ2v) is 6.25. The van der Waals surface area contributed by atoms with Crippen molar-refractivity contribution in [2.75, 3.05) is 16.8 Å². The van der Waals surface area contributed by atoms with E-state index in [2.05, 4.69) is 31.2 Å². The third kappa shape index (κ3) is 3.39. The van der Waals surface area contributed by atoms with Crippen molar-refractivity contribution in [1.82, 2.24) is 9.97 Å². The quantitative estimate of drug-likeness (QED) is 0.895. The number of aryl methyl sites for hydroxylation is 1. The summed E-state index contributed by atoms with van der Waals surface area (Å²) in [6, 6.07) is 7.38. The highest BCUT2D eigenvalue weighted by Crippen LogP contribution is 2.28. The van der Waals surface area contributed by atoms with E-state index < -0.39 is 5.92 Å². The van der Waals surface area contributed by atoms with E-state index in [0.29, 0.717) is 6.54 Å². The molecule has 1 aliphatic heterocycles. The Morgan fingerprint density at radius 1 is 1.35 bits per heavy atom. The van der Waals surface area contributed by atoms with Crippen LogP contribution in [0.1, 0.15) is 12.0 Å². The predicted molar refractivity (Wildman–Crippen MR) is 90.0 cm³/mol. The van der Waals surface area contributed by atoms with Gasteiger partial charge >= 0.3 is 0 Å². The molecule has 1 saturated heterocycles. The molecule has 0 radical (unpaired) electrons. The van der Waals surface area contributed by atoms with Gasteiger partial charge in [-0.2, -0.15) is 0 Å². The number of rotatable bonds is 3. The molecule has 1 aromatic carbocycles. The molecule has 118 valence electrons. The van der Waals surface area contributed by atoms with E-state index in [1.807, 2.05) is 25.1 Å². The van der Waals surface area contributed by atoms with Crippen molar-refractivity contribution in [3.63, 3.8) is 0 Å². The molecule has 2 heterocycles. The van der Waals surface area contributed by atoms with Crippen LogP contribution in [-0.2, 0) is 9.59 Å². The monoisotopic (exact) mass is 374 g/mol. The number of nitrogens with one attached hydrogen (secondary N) is 1. The second-order valence-electron chi connectivity index (χ2n) is 5.40. The van der Waals surface area contributed by atoms with Crippen LogP contribution in [0.15, 0.2) is 41.1 Å². The van der Waals surface area contributed by atoms with Gasteiger partial charge in [-0.1, -0.05) is 15.9 Å². The summed E-state index contributed by atoms with van der Waals surface area (Å²) in [6.45, 7) is 2.32. The lowest BCUT2D eigenvalue weighted by Crippen LogP contribution is -2.28. The van der Waals surface area contributed by atoms with E-state index in [1.54, 1.807) is 23.4 Å². The first-order valence-corrected chi connectivity index (χ1v) is 7.98. The zero-order chi connectivity index (χ0) is 16.4. The summed E-state index contributed by atoms with van der Waals surface area (Å²) in [5.41, 5.74) is 1.85. The molecule has 1 atom stereocenters. The van der Waals surface area contributed by atoms with Gasteiger partial charge in [0.2, 0.25) is 17.8 Å². The molecule has 6 nitrogen and oxygen atoms in total. The van der Waals surface area contributed by atoms with Crippen molar-refractivity contribution in [2.45, 2.75) is 13.3 Å². The van der Waals surface area contributed by atoms with E-state index in [0.717, 1.165) is 15.7 Å². The molecule has 7 heteroatoms. The maximum atomic E-state index is 12.3. The van der Waals surface area contributed by atoms with E-state index in [-0.39, 0.29) is 24.2 Å². The number of carbonyl (C=O) groups is 2. The molecule has 2 amide bonds. The predicted octanol–water partition coefficient (Wildman–Crippen LogP) is 2.54. The third-order valence-corrected chi connectivity index (χ3v) is 4.64. The number of benzene rings is 1. The lowest BCUT2D eigenvalue weighted by Gasteiger charge is -2.17. The van der Waals surface area contributed by atoms with Crippen molar-refractivity contribution < 1.29 is 9.59 Å². The number of aromatic nitrogens is 2. The van der Waals surface area contributed by atoms with Crippen LogP contribution in [-0.4, -0.2) is 28.3 Å². The maximum Gasteiger partial charge on any atom is 0.232 e. The topological polar surface area (TPSA) is 75.2 Å². The number of hydrogen-bond donors (Lipinski definition) is 1. The minimum atomic E-state index is -0.407. The fourth-order valence-electron chi connectivity index (χ4n) is 2.51. The highest BCUT2D eigenvalue weighted by atomic mass is 79.9. The van der Waals surface area contributed by atoms with Gasteiger partial charge in [-0.3, -0.25) is 14.9 Å². The molecular formula is C16H15BrN4O2. The Bertz CT molecular complexity index is 751. The molecule has 1 N–H and O–H groups in total. The molecular weight excluding hydrogens is 360 g/mol. The van der Waals surface area contributed by atoms with Crippen LogP contribution >= 0.6 is 15.9 Å². The Kier molecular flexibility index (Phi) is 4.38. The number of halogens is 1. The van der Waals surface area contributed by atoms with Crippen LogP contribution < -0.4 is 10.2 Å². The van der Waals surface area contributed by atoms with Crippen LogP contribution in [0, 0.1) is 12.8 Å². The van der Waals surface area contributed by atoms with Gasteiger partial charge in [0.05, 0.1) is 5.92 Å². The van der Waals surface area contributed by atoms with Crippen molar-refractivity contribution in [3.8, 4) is 0 Å². The third-order valence-electron chi connectivity index (χ3n) is 3.75. The average molecular weight is 375 g/mol. The lowest BCUT2D eigenvalue weighted by atomic mass is 10.1. The minimum absolute atomic E-state index is 0.0548. The Morgan fingerprint density at radius 3 is 2.78 bits per heavy atom. The highest BCUT2D eigenvalue weighted by molar-refractivity contribution is 9.10. The first-order valence-electron chi connectivity index (χ1n) is 7.19. The number of anilines is 2. The van der Waals surface area contributed by atoms with E-state index >= 15 is 0 Å². The van der Waals surface area contributed by atoms with Crippen molar-refractivity contribution >= 4 is 39.4 Å². The standard InChI is InChI=1S/C16H15BrN4O2/c1-10-7-12(3-4-13(10)17)21-9-11(8-14(21)22)15(23)20-16-18-5-2-6-19-16/h2-7,11H,8-9H2,1H3,(H,18,19,20,23). The van der Waals surface area contributed by atoms with Crippen LogP contribution in [0.3, 0.4) is 0 Å². The molecule has 2 aromatic rings. The molecule has 0 spiro atoms. The molecule has 1 fully saturated rings. The van der Waals surface area contributed by atoms with Gasteiger partial charge in [0.25, 0.3) is 0 Å². The zero-order valence-corrected chi connectivity index (χ0v) is 14.1. The Labute approximate surface area is 142 Å². The fraction of sp³-hybridized carbons (Fsp3) is 0.250.